The number of hydrogen-bond donors (Lipinski definition) is 0. The van der Waals surface area contributed by atoms with Crippen LogP contribution in [0.25, 0.3) is 10.9 Å². The maximum absolute atomic E-state index is 6.02. The first kappa shape index (κ1) is 13.5. The molecule has 0 bridgehead atoms. The van der Waals surface area contributed by atoms with Crippen LogP contribution in [0.1, 0.15) is 5.56 Å². The molecule has 0 N–H and O–H groups in total. The van der Waals surface area contributed by atoms with Crippen molar-refractivity contribution in [2.75, 3.05) is 7.11 Å². The van der Waals surface area contributed by atoms with Crippen molar-refractivity contribution in [2.45, 2.75) is 6.54 Å². The summed E-state index contributed by atoms with van der Waals surface area (Å²) in [5.74, 6) is 0.864. The molecule has 0 aliphatic rings. The Morgan fingerprint density at radius 3 is 2.80 bits per heavy atom. The number of benzene rings is 2. The molecule has 3 aromatic rings. The van der Waals surface area contributed by atoms with E-state index in [0.717, 1.165) is 27.2 Å². The molecule has 0 aliphatic heterocycles. The number of fused-ring (bicyclic) bond motifs is 1. The van der Waals surface area contributed by atoms with Gasteiger partial charge in [0.05, 0.1) is 7.11 Å². The van der Waals surface area contributed by atoms with Gasteiger partial charge in [0.1, 0.15) is 5.75 Å². The van der Waals surface area contributed by atoms with E-state index in [-0.39, 0.29) is 0 Å². The summed E-state index contributed by atoms with van der Waals surface area (Å²) in [6.45, 7) is 0.781. The number of hydrogen-bond acceptors (Lipinski definition) is 1. The van der Waals surface area contributed by atoms with E-state index in [2.05, 4.69) is 32.8 Å². The lowest BCUT2D eigenvalue weighted by Gasteiger charge is -2.10. The Morgan fingerprint density at radius 2 is 2.00 bits per heavy atom. The van der Waals surface area contributed by atoms with Crippen molar-refractivity contribution in [3.8, 4) is 5.75 Å². The second-order valence-corrected chi connectivity index (χ2v) is 5.89. The third-order valence-corrected chi connectivity index (χ3v) is 4.34. The monoisotopic (exact) mass is 349 g/mol. The van der Waals surface area contributed by atoms with Crippen LogP contribution in [0.5, 0.6) is 5.75 Å². The van der Waals surface area contributed by atoms with E-state index in [1.54, 1.807) is 7.11 Å². The van der Waals surface area contributed by atoms with Crippen LogP contribution in [0, 0.1) is 0 Å². The number of aromatic nitrogens is 1. The zero-order valence-electron chi connectivity index (χ0n) is 10.9. The number of rotatable bonds is 3. The third-order valence-electron chi connectivity index (χ3n) is 3.33. The van der Waals surface area contributed by atoms with Crippen LogP contribution in [0.4, 0.5) is 0 Å². The van der Waals surface area contributed by atoms with Crippen molar-refractivity contribution >= 4 is 38.4 Å². The Balaban J connectivity index is 2.01. The molecule has 0 aliphatic carbocycles. The van der Waals surface area contributed by atoms with Crippen molar-refractivity contribution in [3.05, 3.63) is 63.7 Å². The molecule has 102 valence electrons. The van der Waals surface area contributed by atoms with Crippen LogP contribution in [-0.2, 0) is 6.54 Å². The summed E-state index contributed by atoms with van der Waals surface area (Å²) >= 11 is 9.61. The van der Waals surface area contributed by atoms with Crippen molar-refractivity contribution in [1.82, 2.24) is 4.57 Å². The highest BCUT2D eigenvalue weighted by atomic mass is 79.9. The Bertz CT molecular complexity index is 766. The second-order valence-electron chi connectivity index (χ2n) is 4.60. The van der Waals surface area contributed by atoms with Crippen LogP contribution < -0.4 is 4.74 Å². The van der Waals surface area contributed by atoms with Crippen LogP contribution in [0.15, 0.2) is 53.1 Å². The third kappa shape index (κ3) is 2.56. The fourth-order valence-corrected chi connectivity index (χ4v) is 2.84. The highest BCUT2D eigenvalue weighted by Gasteiger charge is 2.06. The van der Waals surface area contributed by atoms with Crippen LogP contribution in [-0.4, -0.2) is 11.7 Å². The minimum Gasteiger partial charge on any atom is -0.497 e. The number of nitrogens with zero attached hydrogens (tertiary/aromatic N) is 1. The molecule has 0 atom stereocenters. The van der Waals surface area contributed by atoms with E-state index >= 15 is 0 Å². The molecule has 4 heteroatoms. The van der Waals surface area contributed by atoms with Crippen molar-refractivity contribution in [1.29, 1.82) is 0 Å². The van der Waals surface area contributed by atoms with E-state index in [4.69, 9.17) is 16.3 Å². The van der Waals surface area contributed by atoms with Crippen molar-refractivity contribution < 1.29 is 4.74 Å². The summed E-state index contributed by atoms with van der Waals surface area (Å²) < 4.78 is 8.56. The van der Waals surface area contributed by atoms with Gasteiger partial charge in [0.15, 0.2) is 0 Å². The number of methoxy groups -OCH3 is 1. The summed E-state index contributed by atoms with van der Waals surface area (Å²) in [7, 11) is 1.68. The normalized spacial score (nSPS) is 10.9. The summed E-state index contributed by atoms with van der Waals surface area (Å²) in [6, 6.07) is 14.0. The van der Waals surface area contributed by atoms with Crippen LogP contribution in [0.2, 0.25) is 5.02 Å². The highest BCUT2D eigenvalue weighted by molar-refractivity contribution is 9.10. The lowest BCUT2D eigenvalue weighted by Crippen LogP contribution is -1.99. The Morgan fingerprint density at radius 1 is 1.15 bits per heavy atom. The Labute approximate surface area is 131 Å². The lowest BCUT2D eigenvalue weighted by molar-refractivity contribution is 0.414. The molecule has 2 nitrogen and oxygen atoms in total. The number of ether oxygens (including phenoxy) is 1. The maximum atomic E-state index is 6.02. The SMILES string of the molecule is COc1ccc(Br)c(Cn2ccc3cc(Cl)ccc32)c1. The summed E-state index contributed by atoms with van der Waals surface area (Å²) in [6.07, 6.45) is 2.08. The molecular formula is C16H13BrClNO. The number of halogens is 2. The minimum absolute atomic E-state index is 0.762. The van der Waals surface area contributed by atoms with Crippen LogP contribution in [0.3, 0.4) is 0 Å². The molecule has 2 aromatic carbocycles. The zero-order chi connectivity index (χ0) is 14.1. The molecule has 1 heterocycles. The molecule has 1 aromatic heterocycles. The first-order valence-corrected chi connectivity index (χ1v) is 7.41. The standard InChI is InChI=1S/C16H13BrClNO/c1-20-14-3-4-15(17)12(9-14)10-19-7-6-11-8-13(18)2-5-16(11)19/h2-9H,10H2,1H3. The van der Waals surface area contributed by atoms with E-state index in [9.17, 15) is 0 Å². The van der Waals surface area contributed by atoms with E-state index in [0.29, 0.717) is 0 Å². The van der Waals surface area contributed by atoms with Gasteiger partial charge in [-0.1, -0.05) is 27.5 Å². The van der Waals surface area contributed by atoms with Gasteiger partial charge in [-0.15, -0.1) is 0 Å². The van der Waals surface area contributed by atoms with Gasteiger partial charge in [0.25, 0.3) is 0 Å². The largest absolute Gasteiger partial charge is 0.497 e. The summed E-state index contributed by atoms with van der Waals surface area (Å²) in [5.41, 5.74) is 2.35. The van der Waals surface area contributed by atoms with E-state index in [1.165, 1.54) is 11.1 Å². The molecule has 0 saturated heterocycles. The highest BCUT2D eigenvalue weighted by Crippen LogP contribution is 2.26. The molecule has 20 heavy (non-hydrogen) atoms. The molecule has 0 amide bonds. The van der Waals surface area contributed by atoms with E-state index < -0.39 is 0 Å². The second kappa shape index (κ2) is 5.51. The minimum atomic E-state index is 0.762. The molecular weight excluding hydrogens is 338 g/mol. The molecule has 0 radical (unpaired) electrons. The average molecular weight is 351 g/mol. The van der Waals surface area contributed by atoms with Gasteiger partial charge < -0.3 is 9.30 Å². The molecule has 3 rings (SSSR count). The first-order valence-electron chi connectivity index (χ1n) is 6.24. The zero-order valence-corrected chi connectivity index (χ0v) is 13.3. The van der Waals surface area contributed by atoms with Gasteiger partial charge in [-0.3, -0.25) is 0 Å². The maximum Gasteiger partial charge on any atom is 0.119 e. The topological polar surface area (TPSA) is 14.2 Å². The Kier molecular flexibility index (Phi) is 3.72. The van der Waals surface area contributed by atoms with E-state index in [1.807, 2.05) is 36.4 Å². The lowest BCUT2D eigenvalue weighted by atomic mass is 10.2. The molecule has 0 fully saturated rings. The average Bonchev–Trinajstić information content (AvgIpc) is 2.83. The van der Waals surface area contributed by atoms with Gasteiger partial charge in [0, 0.05) is 33.1 Å². The van der Waals surface area contributed by atoms with Gasteiger partial charge >= 0.3 is 0 Å². The summed E-state index contributed by atoms with van der Waals surface area (Å²) in [4.78, 5) is 0. The predicted octanol–water partition coefficient (Wildman–Crippen LogP) is 5.11. The van der Waals surface area contributed by atoms with Crippen molar-refractivity contribution in [3.63, 3.8) is 0 Å². The van der Waals surface area contributed by atoms with Gasteiger partial charge in [-0.2, -0.15) is 0 Å². The quantitative estimate of drug-likeness (QED) is 0.640. The van der Waals surface area contributed by atoms with Gasteiger partial charge in [-0.05, 0) is 48.0 Å². The Hall–Kier alpha value is -1.45. The fourth-order valence-electron chi connectivity index (χ4n) is 2.29. The molecule has 0 saturated carbocycles. The van der Waals surface area contributed by atoms with Crippen LogP contribution >= 0.6 is 27.5 Å². The molecule has 0 unspecified atom stereocenters. The predicted molar refractivity (Wildman–Crippen MR) is 86.7 cm³/mol. The van der Waals surface area contributed by atoms with Gasteiger partial charge in [-0.25, -0.2) is 0 Å². The van der Waals surface area contributed by atoms with Gasteiger partial charge in [0.2, 0.25) is 0 Å². The first-order chi connectivity index (χ1) is 9.67. The summed E-state index contributed by atoms with van der Waals surface area (Å²) in [5, 5.41) is 1.91. The smallest absolute Gasteiger partial charge is 0.119 e. The molecule has 0 spiro atoms. The van der Waals surface area contributed by atoms with Crippen molar-refractivity contribution in [2.24, 2.45) is 0 Å². The fraction of sp³-hybridized carbons (Fsp3) is 0.125.